The van der Waals surface area contributed by atoms with Gasteiger partial charge in [-0.15, -0.1) is 0 Å². The zero-order valence-electron chi connectivity index (χ0n) is 6.70. The van der Waals surface area contributed by atoms with Gasteiger partial charge in [0.2, 0.25) is 0 Å². The van der Waals surface area contributed by atoms with Crippen molar-refractivity contribution in [3.05, 3.63) is 32.2 Å². The predicted octanol–water partition coefficient (Wildman–Crippen LogP) is 3.72. The van der Waals surface area contributed by atoms with Crippen LogP contribution in [0.5, 0.6) is 0 Å². The highest BCUT2D eigenvalue weighted by Gasteiger charge is 2.34. The second-order valence-electron chi connectivity index (χ2n) is 2.57. The molecule has 0 aromatic heterocycles. The van der Waals surface area contributed by atoms with Crippen LogP contribution in [0, 0.1) is 0 Å². The van der Waals surface area contributed by atoms with Gasteiger partial charge in [0.25, 0.3) is 0 Å². The number of alkyl halides is 3. The average molecular weight is 334 g/mol. The molecule has 6 heteroatoms. The Morgan fingerprint density at radius 2 is 1.79 bits per heavy atom. The molecule has 78 valence electrons. The molecule has 0 saturated carbocycles. The maximum absolute atomic E-state index is 12.4. The number of hydrogen-bond acceptors (Lipinski definition) is 1. The summed E-state index contributed by atoms with van der Waals surface area (Å²) in [7, 11) is 0. The summed E-state index contributed by atoms with van der Waals surface area (Å²) >= 11 is 5.92. The van der Waals surface area contributed by atoms with Crippen molar-refractivity contribution >= 4 is 31.9 Å². The number of rotatable bonds is 1. The number of hydrogen-bond donors (Lipinski definition) is 1. The van der Waals surface area contributed by atoms with E-state index in [-0.39, 0.29) is 10.0 Å². The zero-order chi connectivity index (χ0) is 10.9. The van der Waals surface area contributed by atoms with Crippen molar-refractivity contribution in [2.75, 3.05) is 0 Å². The largest absolute Gasteiger partial charge is 0.416 e. The molecule has 1 rings (SSSR count). The van der Waals surface area contributed by atoms with Crippen molar-refractivity contribution in [3.63, 3.8) is 0 Å². The molecule has 1 nitrogen and oxygen atoms in total. The molecular formula is C8H5Br2F3O. The van der Waals surface area contributed by atoms with Crippen LogP contribution >= 0.6 is 31.9 Å². The summed E-state index contributed by atoms with van der Waals surface area (Å²) < 4.78 is 37.9. The van der Waals surface area contributed by atoms with E-state index in [2.05, 4.69) is 31.9 Å². The quantitative estimate of drug-likeness (QED) is 0.830. The van der Waals surface area contributed by atoms with Crippen LogP contribution in [0.2, 0.25) is 0 Å². The van der Waals surface area contributed by atoms with Gasteiger partial charge < -0.3 is 5.11 Å². The molecular weight excluding hydrogens is 329 g/mol. The van der Waals surface area contributed by atoms with Gasteiger partial charge in [0.1, 0.15) is 0 Å². The topological polar surface area (TPSA) is 20.2 Å². The molecule has 0 fully saturated rings. The normalized spacial score (nSPS) is 11.9. The Kier molecular flexibility index (Phi) is 3.60. The summed E-state index contributed by atoms with van der Waals surface area (Å²) in [5.74, 6) is 0. The van der Waals surface area contributed by atoms with Gasteiger partial charge in [-0.1, -0.05) is 31.9 Å². The highest BCUT2D eigenvalue weighted by molar-refractivity contribution is 9.11. The summed E-state index contributed by atoms with van der Waals surface area (Å²) in [4.78, 5) is 0. The van der Waals surface area contributed by atoms with E-state index in [0.717, 1.165) is 6.07 Å². The molecule has 0 bridgehead atoms. The fourth-order valence-electron chi connectivity index (χ4n) is 1.02. The smallest absolute Gasteiger partial charge is 0.392 e. The molecule has 0 saturated heterocycles. The third-order valence-corrected chi connectivity index (χ3v) is 2.79. The van der Waals surface area contributed by atoms with Crippen molar-refractivity contribution in [2.24, 2.45) is 0 Å². The Hall–Kier alpha value is -0.0700. The maximum atomic E-state index is 12.4. The van der Waals surface area contributed by atoms with Gasteiger partial charge in [-0.25, -0.2) is 0 Å². The fraction of sp³-hybridized carbons (Fsp3) is 0.250. The molecule has 0 atom stereocenters. The van der Waals surface area contributed by atoms with Crippen molar-refractivity contribution in [2.45, 2.75) is 12.8 Å². The standard InChI is InChI=1S/C8H5Br2F3O/c9-4-1-6(8(11,12)13)5(3-14)7(10)2-4/h1-2,14H,3H2. The van der Waals surface area contributed by atoms with E-state index in [1.807, 2.05) is 0 Å². The van der Waals surface area contributed by atoms with Crippen molar-refractivity contribution in [3.8, 4) is 0 Å². The van der Waals surface area contributed by atoms with E-state index < -0.39 is 18.3 Å². The van der Waals surface area contributed by atoms with Crippen LogP contribution in [-0.4, -0.2) is 5.11 Å². The van der Waals surface area contributed by atoms with Gasteiger partial charge >= 0.3 is 6.18 Å². The molecule has 1 aromatic carbocycles. The Bertz CT molecular complexity index is 349. The van der Waals surface area contributed by atoms with E-state index in [1.165, 1.54) is 6.07 Å². The maximum Gasteiger partial charge on any atom is 0.416 e. The lowest BCUT2D eigenvalue weighted by atomic mass is 10.1. The third-order valence-electron chi connectivity index (χ3n) is 1.62. The number of aliphatic hydroxyl groups is 1. The highest BCUT2D eigenvalue weighted by Crippen LogP contribution is 2.37. The van der Waals surface area contributed by atoms with Gasteiger partial charge in [-0.2, -0.15) is 13.2 Å². The van der Waals surface area contributed by atoms with Crippen LogP contribution in [0.1, 0.15) is 11.1 Å². The molecule has 0 heterocycles. The number of benzene rings is 1. The molecule has 0 amide bonds. The summed E-state index contributed by atoms with van der Waals surface area (Å²) in [5.41, 5.74) is -0.984. The Labute approximate surface area is 95.2 Å². The summed E-state index contributed by atoms with van der Waals surface area (Å²) in [6, 6.07) is 2.40. The summed E-state index contributed by atoms with van der Waals surface area (Å²) in [5, 5.41) is 8.81. The first-order valence-corrected chi connectivity index (χ1v) is 5.11. The second-order valence-corrected chi connectivity index (χ2v) is 4.34. The van der Waals surface area contributed by atoms with E-state index in [4.69, 9.17) is 5.11 Å². The van der Waals surface area contributed by atoms with Crippen molar-refractivity contribution < 1.29 is 18.3 Å². The van der Waals surface area contributed by atoms with Crippen molar-refractivity contribution in [1.29, 1.82) is 0 Å². The number of halogens is 5. The molecule has 0 radical (unpaired) electrons. The van der Waals surface area contributed by atoms with Gasteiger partial charge in [0, 0.05) is 14.5 Å². The van der Waals surface area contributed by atoms with Crippen LogP contribution in [0.15, 0.2) is 21.1 Å². The average Bonchev–Trinajstić information content (AvgIpc) is 2.01. The first-order valence-electron chi connectivity index (χ1n) is 3.52. The Morgan fingerprint density at radius 1 is 1.21 bits per heavy atom. The summed E-state index contributed by atoms with van der Waals surface area (Å²) in [6.45, 7) is -0.650. The lowest BCUT2D eigenvalue weighted by molar-refractivity contribution is -0.138. The van der Waals surface area contributed by atoms with Gasteiger partial charge in [0.05, 0.1) is 12.2 Å². The number of aliphatic hydroxyl groups excluding tert-OH is 1. The zero-order valence-corrected chi connectivity index (χ0v) is 9.87. The molecule has 0 aliphatic heterocycles. The molecule has 0 aliphatic carbocycles. The third kappa shape index (κ3) is 2.49. The second kappa shape index (κ2) is 4.20. The van der Waals surface area contributed by atoms with Gasteiger partial charge in [-0.05, 0) is 12.1 Å². The monoisotopic (exact) mass is 332 g/mol. The Morgan fingerprint density at radius 3 is 2.21 bits per heavy atom. The van der Waals surface area contributed by atoms with E-state index in [0.29, 0.717) is 4.47 Å². The van der Waals surface area contributed by atoms with Crippen LogP contribution < -0.4 is 0 Å². The highest BCUT2D eigenvalue weighted by atomic mass is 79.9. The van der Waals surface area contributed by atoms with Crippen LogP contribution in [0.3, 0.4) is 0 Å². The van der Waals surface area contributed by atoms with E-state index >= 15 is 0 Å². The van der Waals surface area contributed by atoms with Crippen LogP contribution in [0.25, 0.3) is 0 Å². The van der Waals surface area contributed by atoms with Gasteiger partial charge in [0.15, 0.2) is 0 Å². The summed E-state index contributed by atoms with van der Waals surface area (Å²) in [6.07, 6.45) is -4.45. The minimum Gasteiger partial charge on any atom is -0.392 e. The molecule has 1 aromatic rings. The van der Waals surface area contributed by atoms with E-state index in [9.17, 15) is 13.2 Å². The van der Waals surface area contributed by atoms with Crippen LogP contribution in [-0.2, 0) is 12.8 Å². The van der Waals surface area contributed by atoms with Crippen molar-refractivity contribution in [1.82, 2.24) is 0 Å². The first kappa shape index (κ1) is 12.0. The first-order chi connectivity index (χ1) is 6.36. The molecule has 0 aliphatic rings. The van der Waals surface area contributed by atoms with E-state index in [1.54, 1.807) is 0 Å². The SMILES string of the molecule is OCc1c(Br)cc(Br)cc1C(F)(F)F. The fourth-order valence-corrected chi connectivity index (χ4v) is 2.37. The molecule has 0 unspecified atom stereocenters. The van der Waals surface area contributed by atoms with Gasteiger partial charge in [-0.3, -0.25) is 0 Å². The predicted molar refractivity (Wildman–Crippen MR) is 52.8 cm³/mol. The minimum absolute atomic E-state index is 0.152. The minimum atomic E-state index is -4.45. The van der Waals surface area contributed by atoms with Crippen LogP contribution in [0.4, 0.5) is 13.2 Å². The molecule has 0 spiro atoms. The Balaban J connectivity index is 3.40. The lowest BCUT2D eigenvalue weighted by Gasteiger charge is -2.13. The lowest BCUT2D eigenvalue weighted by Crippen LogP contribution is -2.09. The molecule has 14 heavy (non-hydrogen) atoms. The molecule has 1 N–H and O–H groups in total.